The molecule has 1 heterocycles. The van der Waals surface area contributed by atoms with Crippen LogP contribution in [0.15, 0.2) is 46.8 Å². The van der Waals surface area contributed by atoms with E-state index in [1.54, 1.807) is 26.0 Å². The number of hydrogen-bond donors (Lipinski definition) is 2. The van der Waals surface area contributed by atoms with E-state index < -0.39 is 11.9 Å². The van der Waals surface area contributed by atoms with Crippen molar-refractivity contribution < 1.29 is 14.7 Å². The van der Waals surface area contributed by atoms with E-state index in [1.165, 1.54) is 12.1 Å². The molecule has 1 aromatic carbocycles. The molecule has 26 heavy (non-hydrogen) atoms. The second-order valence-electron chi connectivity index (χ2n) is 5.66. The third-order valence-corrected chi connectivity index (χ3v) is 3.97. The van der Waals surface area contributed by atoms with E-state index in [9.17, 15) is 15.3 Å². The van der Waals surface area contributed by atoms with E-state index in [1.807, 2.05) is 6.07 Å². The number of carbonyl (C=O) groups is 1. The molecule has 8 nitrogen and oxygen atoms in total. The summed E-state index contributed by atoms with van der Waals surface area (Å²) in [6, 6.07) is 10.00. The summed E-state index contributed by atoms with van der Waals surface area (Å²) in [7, 11) is 0. The number of carbonyl (C=O) groups excluding carboxylic acids is 1. The van der Waals surface area contributed by atoms with Gasteiger partial charge >= 0.3 is 5.97 Å². The second-order valence-corrected chi connectivity index (χ2v) is 5.66. The highest BCUT2D eigenvalue weighted by Gasteiger charge is 2.34. The lowest BCUT2D eigenvalue weighted by Gasteiger charge is -2.29. The van der Waals surface area contributed by atoms with E-state index in [0.717, 1.165) is 0 Å². The molecule has 8 heteroatoms. The molecule has 0 unspecified atom stereocenters. The summed E-state index contributed by atoms with van der Waals surface area (Å²) < 4.78 is 5.14. The number of ether oxygens (including phenoxy) is 1. The van der Waals surface area contributed by atoms with Gasteiger partial charge in [0.1, 0.15) is 6.61 Å². The van der Waals surface area contributed by atoms with Crippen molar-refractivity contribution >= 4 is 11.7 Å². The highest BCUT2D eigenvalue weighted by atomic mass is 16.8. The summed E-state index contributed by atoms with van der Waals surface area (Å²) in [5.41, 5.74) is 2.08. The molecule has 134 valence electrons. The van der Waals surface area contributed by atoms with Crippen LogP contribution in [0.3, 0.4) is 0 Å². The molecule has 0 aliphatic carbocycles. The van der Waals surface area contributed by atoms with Crippen molar-refractivity contribution in [3.05, 3.63) is 57.6 Å². The number of allylic oxidation sites excluding steroid dienone is 3. The Hall–Kier alpha value is -3.33. The van der Waals surface area contributed by atoms with Crippen LogP contribution < -0.4 is 10.5 Å². The molecular formula is C18H17N4O4-. The molecule has 1 aliphatic rings. The summed E-state index contributed by atoms with van der Waals surface area (Å²) in [4.78, 5) is 12.6. The number of nitrogens with zero attached hydrogens (tertiary/aromatic N) is 3. The fourth-order valence-corrected chi connectivity index (χ4v) is 2.84. The van der Waals surface area contributed by atoms with E-state index in [0.29, 0.717) is 22.5 Å². The lowest BCUT2D eigenvalue weighted by atomic mass is 9.81. The highest BCUT2D eigenvalue weighted by molar-refractivity contribution is 5.93. The first-order valence-electron chi connectivity index (χ1n) is 7.79. The zero-order chi connectivity index (χ0) is 19.3. The van der Waals surface area contributed by atoms with Crippen LogP contribution in [0.4, 0.5) is 5.69 Å². The van der Waals surface area contributed by atoms with E-state index >= 15 is 0 Å². The molecule has 2 N–H and O–H groups in total. The average molecular weight is 353 g/mol. The van der Waals surface area contributed by atoms with Gasteiger partial charge in [0, 0.05) is 11.4 Å². The van der Waals surface area contributed by atoms with Crippen molar-refractivity contribution in [1.29, 1.82) is 10.5 Å². The third kappa shape index (κ3) is 3.83. The molecule has 1 atom stereocenters. The lowest BCUT2D eigenvalue weighted by molar-refractivity contribution is -0.139. The molecule has 0 amide bonds. The Morgan fingerprint density at radius 3 is 2.73 bits per heavy atom. The Bertz CT molecular complexity index is 859. The summed E-state index contributed by atoms with van der Waals surface area (Å²) in [6.07, 6.45) is 0.0568. The van der Waals surface area contributed by atoms with Gasteiger partial charge in [-0.25, -0.2) is 4.79 Å². The summed E-state index contributed by atoms with van der Waals surface area (Å²) in [6.45, 7) is 3.33. The first-order valence-corrected chi connectivity index (χ1v) is 7.79. The van der Waals surface area contributed by atoms with Crippen molar-refractivity contribution in [3.8, 4) is 12.1 Å². The molecule has 0 saturated heterocycles. The number of benzene rings is 1. The number of dihydropyridines is 1. The maximum atomic E-state index is 12.6. The molecule has 0 spiro atoms. The second kappa shape index (κ2) is 8.17. The zero-order valence-corrected chi connectivity index (χ0v) is 14.3. The lowest BCUT2D eigenvalue weighted by Crippen LogP contribution is -2.29. The van der Waals surface area contributed by atoms with Crippen molar-refractivity contribution in [2.24, 2.45) is 0 Å². The smallest absolute Gasteiger partial charge is 0.336 e. The summed E-state index contributed by atoms with van der Waals surface area (Å²) in [5.74, 6) is -1.40. The largest absolute Gasteiger partial charge is 0.733 e. The van der Waals surface area contributed by atoms with Gasteiger partial charge in [0.25, 0.3) is 0 Å². The normalized spacial score (nSPS) is 16.5. The molecule has 1 aliphatic heterocycles. The standard InChI is InChI=1S/C18H17N4O4/c1-11-15(10-20)17(13-5-3-6-14(9-13)22(24)25)16(12(2)21-11)18(23)26-8-4-7-19/h3,5-6,9,17,21,24H,4,8H2,1-2H3/q-1/t17-/m1/s1. The molecule has 0 aromatic heterocycles. The minimum atomic E-state index is -0.754. The Balaban J connectivity index is 2.53. The Labute approximate surface area is 150 Å². The van der Waals surface area contributed by atoms with Gasteiger partial charge in [-0.05, 0) is 31.5 Å². The van der Waals surface area contributed by atoms with Crippen LogP contribution in [-0.2, 0) is 9.53 Å². The highest BCUT2D eigenvalue weighted by Crippen LogP contribution is 2.39. The Kier molecular flexibility index (Phi) is 5.97. The number of anilines is 1. The zero-order valence-electron chi connectivity index (χ0n) is 14.3. The monoisotopic (exact) mass is 353 g/mol. The fraction of sp³-hybridized carbons (Fsp3) is 0.278. The summed E-state index contributed by atoms with van der Waals surface area (Å²) in [5, 5.41) is 41.2. The van der Waals surface area contributed by atoms with Gasteiger partial charge in [-0.3, -0.25) is 5.21 Å². The first-order chi connectivity index (χ1) is 12.4. The van der Waals surface area contributed by atoms with Gasteiger partial charge in [-0.2, -0.15) is 10.5 Å². The van der Waals surface area contributed by atoms with Crippen LogP contribution in [0, 0.1) is 27.9 Å². The molecule has 0 radical (unpaired) electrons. The van der Waals surface area contributed by atoms with E-state index in [4.69, 9.17) is 15.2 Å². The minimum Gasteiger partial charge on any atom is -0.733 e. The molecule has 0 bridgehead atoms. The van der Waals surface area contributed by atoms with Gasteiger partial charge in [-0.15, -0.1) is 0 Å². The molecular weight excluding hydrogens is 336 g/mol. The van der Waals surface area contributed by atoms with Crippen molar-refractivity contribution in [1.82, 2.24) is 5.32 Å². The third-order valence-electron chi connectivity index (χ3n) is 3.97. The predicted molar refractivity (Wildman–Crippen MR) is 92.2 cm³/mol. The SMILES string of the molecule is CC1=C(C#N)[C@@H](c2cccc(N([O-])O)c2)C(C(=O)OCCC#N)=C(C)N1. The van der Waals surface area contributed by atoms with Crippen LogP contribution in [0.25, 0.3) is 0 Å². The Morgan fingerprint density at radius 2 is 2.12 bits per heavy atom. The minimum absolute atomic E-state index is 0.0224. The molecule has 2 rings (SSSR count). The molecule has 0 fully saturated rings. The predicted octanol–water partition coefficient (Wildman–Crippen LogP) is 2.60. The van der Waals surface area contributed by atoms with Crippen LogP contribution >= 0.6 is 0 Å². The number of esters is 1. The van der Waals surface area contributed by atoms with E-state index in [2.05, 4.69) is 11.4 Å². The Morgan fingerprint density at radius 1 is 1.38 bits per heavy atom. The number of nitrogens with one attached hydrogen (secondary N) is 1. The quantitative estimate of drug-likeness (QED) is 0.469. The van der Waals surface area contributed by atoms with Crippen molar-refractivity contribution in [3.63, 3.8) is 0 Å². The molecule has 1 aromatic rings. The van der Waals surface area contributed by atoms with Gasteiger partial charge in [0.05, 0.1) is 41.3 Å². The summed E-state index contributed by atoms with van der Waals surface area (Å²) >= 11 is 0. The maximum absolute atomic E-state index is 12.6. The van der Waals surface area contributed by atoms with Gasteiger partial charge in [-0.1, -0.05) is 12.1 Å². The number of nitriles is 2. The van der Waals surface area contributed by atoms with Crippen LogP contribution in [-0.4, -0.2) is 17.8 Å². The van der Waals surface area contributed by atoms with Crippen molar-refractivity contribution in [2.45, 2.75) is 26.2 Å². The topological polar surface area (TPSA) is 132 Å². The van der Waals surface area contributed by atoms with Gasteiger partial charge in [0.15, 0.2) is 0 Å². The van der Waals surface area contributed by atoms with Crippen LogP contribution in [0.1, 0.15) is 31.7 Å². The fourth-order valence-electron chi connectivity index (χ4n) is 2.84. The van der Waals surface area contributed by atoms with Gasteiger partial charge in [0.2, 0.25) is 0 Å². The molecule has 0 saturated carbocycles. The maximum Gasteiger partial charge on any atom is 0.336 e. The first kappa shape index (κ1) is 19.0. The van der Waals surface area contributed by atoms with Crippen molar-refractivity contribution in [2.75, 3.05) is 11.8 Å². The average Bonchev–Trinajstić information content (AvgIpc) is 2.61. The number of hydrogen-bond acceptors (Lipinski definition) is 8. The number of rotatable bonds is 5. The van der Waals surface area contributed by atoms with Crippen LogP contribution in [0.5, 0.6) is 0 Å². The van der Waals surface area contributed by atoms with Crippen LogP contribution in [0.2, 0.25) is 0 Å². The van der Waals surface area contributed by atoms with E-state index in [-0.39, 0.29) is 29.5 Å². The van der Waals surface area contributed by atoms with Gasteiger partial charge < -0.3 is 20.5 Å².